The predicted octanol–water partition coefficient (Wildman–Crippen LogP) is 3.46. The molecule has 1 saturated heterocycles. The second kappa shape index (κ2) is 10.00. The fraction of sp³-hybridized carbons (Fsp3) is 0.480. The number of carbonyl (C=O) groups excluding carboxylic acids is 2. The summed E-state index contributed by atoms with van der Waals surface area (Å²) in [4.78, 5) is 38.2. The quantitative estimate of drug-likeness (QED) is 0.572. The van der Waals surface area contributed by atoms with E-state index in [1.165, 1.54) is 6.20 Å². The van der Waals surface area contributed by atoms with Gasteiger partial charge in [-0.05, 0) is 40.7 Å². The smallest absolute Gasteiger partial charge is 0.410 e. The molecular formula is C25H33N7O4. The Morgan fingerprint density at radius 2 is 1.94 bits per heavy atom. The van der Waals surface area contributed by atoms with E-state index in [0.717, 1.165) is 10.9 Å². The third-order valence-electron chi connectivity index (χ3n) is 5.72. The zero-order valence-electron chi connectivity index (χ0n) is 21.6. The Labute approximate surface area is 210 Å². The first kappa shape index (κ1) is 25.2. The molecule has 192 valence electrons. The fourth-order valence-corrected chi connectivity index (χ4v) is 4.12. The third kappa shape index (κ3) is 5.67. The lowest BCUT2D eigenvalue weighted by Gasteiger charge is -2.40. The first-order chi connectivity index (χ1) is 17.0. The lowest BCUT2D eigenvalue weighted by Crippen LogP contribution is -2.55. The number of nitrogens with one attached hydrogen (secondary N) is 1. The number of anilines is 2. The topological polar surface area (TPSA) is 115 Å². The van der Waals surface area contributed by atoms with E-state index in [2.05, 4.69) is 25.3 Å². The van der Waals surface area contributed by atoms with Crippen molar-refractivity contribution in [2.75, 3.05) is 36.5 Å². The third-order valence-corrected chi connectivity index (χ3v) is 5.72. The number of fused-ring (bicyclic) bond motifs is 1. The van der Waals surface area contributed by atoms with E-state index in [4.69, 9.17) is 9.47 Å². The number of aromatic nitrogens is 4. The molecule has 0 aliphatic carbocycles. The van der Waals surface area contributed by atoms with Gasteiger partial charge in [-0.15, -0.1) is 0 Å². The maximum absolute atomic E-state index is 13.0. The van der Waals surface area contributed by atoms with Gasteiger partial charge in [0.25, 0.3) is 5.91 Å². The number of aryl methyl sites for hydroxylation is 1. The Kier molecular flexibility index (Phi) is 7.00. The summed E-state index contributed by atoms with van der Waals surface area (Å²) < 4.78 is 12.9. The van der Waals surface area contributed by atoms with E-state index in [-0.39, 0.29) is 18.0 Å². The largest absolute Gasteiger partial charge is 0.493 e. The average molecular weight is 496 g/mol. The van der Waals surface area contributed by atoms with Crippen LogP contribution < -0.4 is 15.0 Å². The van der Waals surface area contributed by atoms with E-state index in [1.54, 1.807) is 27.9 Å². The minimum atomic E-state index is -0.535. The van der Waals surface area contributed by atoms with Gasteiger partial charge in [0, 0.05) is 50.4 Å². The van der Waals surface area contributed by atoms with Gasteiger partial charge in [-0.3, -0.25) is 9.48 Å². The summed E-state index contributed by atoms with van der Waals surface area (Å²) in [5.74, 6) is 1.13. The molecule has 1 aliphatic heterocycles. The first-order valence-corrected chi connectivity index (χ1v) is 12.0. The zero-order chi connectivity index (χ0) is 26.0. The number of benzene rings is 1. The van der Waals surface area contributed by atoms with Crippen molar-refractivity contribution < 1.29 is 19.1 Å². The molecule has 1 fully saturated rings. The maximum Gasteiger partial charge on any atom is 0.410 e. The summed E-state index contributed by atoms with van der Waals surface area (Å²) in [5.41, 5.74) is 0.616. The second-order valence-corrected chi connectivity index (χ2v) is 9.83. The van der Waals surface area contributed by atoms with Crippen LogP contribution in [-0.4, -0.2) is 74.5 Å². The summed E-state index contributed by atoms with van der Waals surface area (Å²) >= 11 is 0. The van der Waals surface area contributed by atoms with E-state index in [0.29, 0.717) is 49.2 Å². The van der Waals surface area contributed by atoms with Crippen molar-refractivity contribution in [1.29, 1.82) is 0 Å². The van der Waals surface area contributed by atoms with Crippen molar-refractivity contribution in [3.8, 4) is 5.75 Å². The summed E-state index contributed by atoms with van der Waals surface area (Å²) in [6, 6.07) is 3.48. The lowest BCUT2D eigenvalue weighted by atomic mass is 10.1. The number of amides is 2. The van der Waals surface area contributed by atoms with E-state index in [1.807, 2.05) is 47.9 Å². The molecule has 36 heavy (non-hydrogen) atoms. The Balaban J connectivity index is 1.42. The van der Waals surface area contributed by atoms with E-state index >= 15 is 0 Å². The molecule has 4 rings (SSSR count). The molecule has 0 unspecified atom stereocenters. The number of nitrogens with zero attached hydrogens (tertiary/aromatic N) is 6. The van der Waals surface area contributed by atoms with Gasteiger partial charge in [0.05, 0.1) is 30.1 Å². The second-order valence-electron chi connectivity index (χ2n) is 9.83. The normalized spacial score (nSPS) is 16.2. The van der Waals surface area contributed by atoms with Crippen LogP contribution in [-0.2, 0) is 11.8 Å². The standard InChI is InChI=1S/C25H33N7O4/c1-7-35-20-11-19-17(15-30(6)29-19)10-18(20)23(33)28-21-12-27-22(13-26-21)31-8-9-32(16(2)14-31)24(34)36-25(3,4)5/h10-13,15-16H,7-9,14H2,1-6H3,(H,26,28,33)/t16-/m0/s1. The van der Waals surface area contributed by atoms with Crippen molar-refractivity contribution in [2.45, 2.75) is 46.3 Å². The number of ether oxygens (including phenoxy) is 2. The van der Waals surface area contributed by atoms with Gasteiger partial charge in [0.15, 0.2) is 5.82 Å². The molecule has 2 aromatic heterocycles. The van der Waals surface area contributed by atoms with Gasteiger partial charge in [-0.1, -0.05) is 0 Å². The number of hydrogen-bond donors (Lipinski definition) is 1. The Bertz CT molecular complexity index is 1250. The maximum atomic E-state index is 13.0. The highest BCUT2D eigenvalue weighted by atomic mass is 16.6. The highest BCUT2D eigenvalue weighted by Gasteiger charge is 2.31. The van der Waals surface area contributed by atoms with Crippen LogP contribution in [0.2, 0.25) is 0 Å². The van der Waals surface area contributed by atoms with Crippen LogP contribution in [0.1, 0.15) is 45.0 Å². The van der Waals surface area contributed by atoms with Crippen molar-refractivity contribution in [2.24, 2.45) is 7.05 Å². The highest BCUT2D eigenvalue weighted by Crippen LogP contribution is 2.26. The molecular weight excluding hydrogens is 462 g/mol. The molecule has 0 saturated carbocycles. The average Bonchev–Trinajstić information content (AvgIpc) is 3.16. The highest BCUT2D eigenvalue weighted by molar-refractivity contribution is 6.08. The van der Waals surface area contributed by atoms with Crippen LogP contribution in [0.4, 0.5) is 16.4 Å². The number of hydrogen-bond acceptors (Lipinski definition) is 8. The SMILES string of the molecule is CCOc1cc2nn(C)cc2cc1C(=O)Nc1cnc(N2CCN(C(=O)OC(C)(C)C)[C@@H](C)C2)cn1. The summed E-state index contributed by atoms with van der Waals surface area (Å²) in [6.07, 6.45) is 4.69. The monoisotopic (exact) mass is 495 g/mol. The summed E-state index contributed by atoms with van der Waals surface area (Å²) in [7, 11) is 1.83. The van der Waals surface area contributed by atoms with Gasteiger partial charge in [-0.2, -0.15) is 5.10 Å². The van der Waals surface area contributed by atoms with Crippen molar-refractivity contribution in [3.63, 3.8) is 0 Å². The van der Waals surface area contributed by atoms with Crippen molar-refractivity contribution in [3.05, 3.63) is 36.3 Å². The van der Waals surface area contributed by atoms with Crippen LogP contribution in [0.5, 0.6) is 5.75 Å². The first-order valence-electron chi connectivity index (χ1n) is 12.0. The number of carbonyl (C=O) groups is 2. The molecule has 11 nitrogen and oxygen atoms in total. The Morgan fingerprint density at radius 3 is 2.58 bits per heavy atom. The van der Waals surface area contributed by atoms with Crippen LogP contribution in [0.25, 0.3) is 10.9 Å². The van der Waals surface area contributed by atoms with Gasteiger partial charge in [0.2, 0.25) is 0 Å². The van der Waals surface area contributed by atoms with Crippen molar-refractivity contribution in [1.82, 2.24) is 24.6 Å². The molecule has 2 amide bonds. The van der Waals surface area contributed by atoms with Gasteiger partial charge < -0.3 is 24.6 Å². The minimum Gasteiger partial charge on any atom is -0.493 e. The van der Waals surface area contributed by atoms with Crippen LogP contribution in [0.3, 0.4) is 0 Å². The van der Waals surface area contributed by atoms with Gasteiger partial charge in [0.1, 0.15) is 17.2 Å². The van der Waals surface area contributed by atoms with Crippen LogP contribution in [0.15, 0.2) is 30.7 Å². The minimum absolute atomic E-state index is 0.0471. The molecule has 1 N–H and O–H groups in total. The zero-order valence-corrected chi connectivity index (χ0v) is 21.6. The molecule has 3 heterocycles. The predicted molar refractivity (Wildman–Crippen MR) is 136 cm³/mol. The van der Waals surface area contributed by atoms with E-state index in [9.17, 15) is 9.59 Å². The Hall–Kier alpha value is -3.89. The molecule has 0 spiro atoms. The number of piperazine rings is 1. The molecule has 0 radical (unpaired) electrons. The molecule has 1 aliphatic rings. The Morgan fingerprint density at radius 1 is 1.17 bits per heavy atom. The van der Waals surface area contributed by atoms with Crippen LogP contribution >= 0.6 is 0 Å². The summed E-state index contributed by atoms with van der Waals surface area (Å²) in [5, 5.41) is 8.02. The molecule has 0 bridgehead atoms. The molecule has 3 aromatic rings. The lowest BCUT2D eigenvalue weighted by molar-refractivity contribution is 0.0158. The molecule has 1 aromatic carbocycles. The number of rotatable bonds is 5. The van der Waals surface area contributed by atoms with Crippen molar-refractivity contribution >= 4 is 34.5 Å². The van der Waals surface area contributed by atoms with Gasteiger partial charge in [-0.25, -0.2) is 14.8 Å². The van der Waals surface area contributed by atoms with Gasteiger partial charge >= 0.3 is 6.09 Å². The van der Waals surface area contributed by atoms with E-state index < -0.39 is 5.60 Å². The van der Waals surface area contributed by atoms with Crippen LogP contribution in [0, 0.1) is 0 Å². The summed E-state index contributed by atoms with van der Waals surface area (Å²) in [6.45, 7) is 11.6. The fourth-order valence-electron chi connectivity index (χ4n) is 4.12. The molecule has 11 heteroatoms. The molecule has 1 atom stereocenters.